The van der Waals surface area contributed by atoms with Gasteiger partial charge in [0.2, 0.25) is 0 Å². The average molecular weight is 482 g/mol. The van der Waals surface area contributed by atoms with Gasteiger partial charge in [0.25, 0.3) is 0 Å². The summed E-state index contributed by atoms with van der Waals surface area (Å²) < 4.78 is 25.8. The van der Waals surface area contributed by atoms with Crippen molar-refractivity contribution in [1.82, 2.24) is 9.88 Å². The molecule has 6 nitrogen and oxygen atoms in total. The number of likely N-dealkylation sites (tertiary alicyclic amines) is 1. The molecule has 2 N–H and O–H groups in total. The van der Waals surface area contributed by atoms with Gasteiger partial charge in [-0.25, -0.2) is 4.39 Å². The number of pyridine rings is 1. The third-order valence-corrected chi connectivity index (χ3v) is 5.71. The summed E-state index contributed by atoms with van der Waals surface area (Å²) in [7, 11) is 1.58. The standard InChI is InChI=1S/C23H25ClFN3O3.ClH/c1-30-22-11-15-18(27-20-13-21(29)16(24)12-17(20)25)5-6-26-19(15)14-23(22)31-10-4-9-28-7-2-3-8-28;/h5-6,11-14,29H,2-4,7-10H2,1H3,(H,26,27);1H. The molecule has 1 fully saturated rings. The lowest BCUT2D eigenvalue weighted by molar-refractivity contribution is 0.254. The van der Waals surface area contributed by atoms with Gasteiger partial charge in [-0.15, -0.1) is 12.4 Å². The summed E-state index contributed by atoms with van der Waals surface area (Å²) in [6, 6.07) is 7.68. The Morgan fingerprint density at radius 1 is 1.16 bits per heavy atom. The number of fused-ring (bicyclic) bond motifs is 1. The van der Waals surface area contributed by atoms with Crippen molar-refractivity contribution in [3.8, 4) is 17.2 Å². The Balaban J connectivity index is 0.00000289. The third kappa shape index (κ3) is 5.46. The number of hydrogen-bond acceptors (Lipinski definition) is 6. The van der Waals surface area contributed by atoms with Crippen LogP contribution >= 0.6 is 24.0 Å². The number of phenolic OH excluding ortho intramolecular Hbond substituents is 1. The van der Waals surface area contributed by atoms with E-state index in [-0.39, 0.29) is 28.9 Å². The van der Waals surface area contributed by atoms with Crippen molar-refractivity contribution in [3.63, 3.8) is 0 Å². The van der Waals surface area contributed by atoms with Crippen molar-refractivity contribution in [2.24, 2.45) is 0 Å². The number of ether oxygens (including phenoxy) is 2. The van der Waals surface area contributed by atoms with E-state index in [1.54, 1.807) is 19.4 Å². The predicted molar refractivity (Wildman–Crippen MR) is 128 cm³/mol. The lowest BCUT2D eigenvalue weighted by atomic mass is 10.1. The van der Waals surface area contributed by atoms with Crippen molar-refractivity contribution in [3.05, 3.63) is 47.4 Å². The minimum atomic E-state index is -0.572. The summed E-state index contributed by atoms with van der Waals surface area (Å²) in [6.07, 6.45) is 5.12. The van der Waals surface area contributed by atoms with Gasteiger partial charge in [0.1, 0.15) is 11.6 Å². The maximum Gasteiger partial charge on any atom is 0.163 e. The van der Waals surface area contributed by atoms with E-state index in [1.807, 2.05) is 12.1 Å². The molecule has 3 aromatic rings. The minimum Gasteiger partial charge on any atom is -0.506 e. The summed E-state index contributed by atoms with van der Waals surface area (Å²) in [5, 5.41) is 13.5. The van der Waals surface area contributed by atoms with Crippen molar-refractivity contribution in [1.29, 1.82) is 0 Å². The first-order valence-electron chi connectivity index (χ1n) is 10.3. The van der Waals surface area contributed by atoms with E-state index in [9.17, 15) is 9.50 Å². The molecule has 9 heteroatoms. The SMILES string of the molecule is COc1cc2c(Nc3cc(O)c(Cl)cc3F)ccnc2cc1OCCCN1CCCC1.Cl. The summed E-state index contributed by atoms with van der Waals surface area (Å²) in [6.45, 7) is 3.96. The number of methoxy groups -OCH3 is 1. The molecule has 0 atom stereocenters. The summed E-state index contributed by atoms with van der Waals surface area (Å²) >= 11 is 5.77. The maximum atomic E-state index is 14.3. The molecule has 0 aliphatic carbocycles. The number of phenols is 1. The maximum absolute atomic E-state index is 14.3. The number of hydrogen-bond donors (Lipinski definition) is 2. The number of nitrogens with zero attached hydrogens (tertiary/aromatic N) is 2. The van der Waals surface area contributed by atoms with Crippen LogP contribution in [0.3, 0.4) is 0 Å². The number of aromatic nitrogens is 1. The van der Waals surface area contributed by atoms with Gasteiger partial charge < -0.3 is 24.8 Å². The molecule has 172 valence electrons. The van der Waals surface area contributed by atoms with Gasteiger partial charge in [0.15, 0.2) is 11.5 Å². The normalized spacial score (nSPS) is 13.7. The van der Waals surface area contributed by atoms with Gasteiger partial charge in [0, 0.05) is 35.9 Å². The van der Waals surface area contributed by atoms with E-state index < -0.39 is 5.82 Å². The van der Waals surface area contributed by atoms with Crippen LogP contribution in [-0.2, 0) is 0 Å². The van der Waals surface area contributed by atoms with Gasteiger partial charge in [-0.2, -0.15) is 0 Å². The fourth-order valence-electron chi connectivity index (χ4n) is 3.79. The Morgan fingerprint density at radius 2 is 1.94 bits per heavy atom. The molecule has 0 spiro atoms. The zero-order valence-corrected chi connectivity index (χ0v) is 19.3. The van der Waals surface area contributed by atoms with Crippen molar-refractivity contribution in [2.75, 3.05) is 38.7 Å². The van der Waals surface area contributed by atoms with Gasteiger partial charge >= 0.3 is 0 Å². The number of halogens is 3. The summed E-state index contributed by atoms with van der Waals surface area (Å²) in [4.78, 5) is 6.87. The monoisotopic (exact) mass is 481 g/mol. The van der Waals surface area contributed by atoms with Crippen LogP contribution in [0.5, 0.6) is 17.2 Å². The average Bonchev–Trinajstić information content (AvgIpc) is 3.28. The van der Waals surface area contributed by atoms with Gasteiger partial charge in [-0.05, 0) is 50.6 Å². The van der Waals surface area contributed by atoms with E-state index in [2.05, 4.69) is 15.2 Å². The minimum absolute atomic E-state index is 0. The Bertz CT molecular complexity index is 1080. The molecule has 1 aliphatic heterocycles. The first-order valence-corrected chi connectivity index (χ1v) is 10.7. The molecule has 1 aromatic heterocycles. The van der Waals surface area contributed by atoms with Crippen molar-refractivity contribution >= 4 is 46.3 Å². The second-order valence-corrected chi connectivity index (χ2v) is 7.95. The molecule has 1 saturated heterocycles. The molecule has 1 aliphatic rings. The number of aromatic hydroxyl groups is 1. The van der Waals surface area contributed by atoms with Crippen LogP contribution in [0, 0.1) is 5.82 Å². The highest BCUT2D eigenvalue weighted by Gasteiger charge is 2.14. The van der Waals surface area contributed by atoms with E-state index in [1.165, 1.54) is 32.0 Å². The number of benzene rings is 2. The molecule has 2 aromatic carbocycles. The lowest BCUT2D eigenvalue weighted by Gasteiger charge is -2.16. The summed E-state index contributed by atoms with van der Waals surface area (Å²) in [5.41, 5.74) is 1.40. The van der Waals surface area contributed by atoms with Crippen molar-refractivity contribution in [2.45, 2.75) is 19.3 Å². The number of rotatable bonds is 8. The Kier molecular flexibility index (Phi) is 8.23. The number of anilines is 2. The quantitative estimate of drug-likeness (QED) is 0.398. The Morgan fingerprint density at radius 3 is 2.69 bits per heavy atom. The molecule has 4 rings (SSSR count). The third-order valence-electron chi connectivity index (χ3n) is 5.41. The van der Waals surface area contributed by atoms with Gasteiger partial charge in [-0.3, -0.25) is 4.98 Å². The van der Waals surface area contributed by atoms with Gasteiger partial charge in [-0.1, -0.05) is 11.6 Å². The van der Waals surface area contributed by atoms with Crippen LogP contribution in [0.2, 0.25) is 5.02 Å². The van der Waals surface area contributed by atoms with E-state index in [4.69, 9.17) is 21.1 Å². The van der Waals surface area contributed by atoms with Crippen LogP contribution in [-0.4, -0.2) is 48.3 Å². The molecular weight excluding hydrogens is 456 g/mol. The van der Waals surface area contributed by atoms with Crippen molar-refractivity contribution < 1.29 is 19.0 Å². The van der Waals surface area contributed by atoms with Crippen LogP contribution in [0.1, 0.15) is 19.3 Å². The summed E-state index contributed by atoms with van der Waals surface area (Å²) in [5.74, 6) is 0.421. The van der Waals surface area contributed by atoms with Crippen LogP contribution in [0.25, 0.3) is 10.9 Å². The molecule has 0 radical (unpaired) electrons. The molecule has 0 amide bonds. The smallest absolute Gasteiger partial charge is 0.163 e. The Labute approximate surface area is 197 Å². The highest BCUT2D eigenvalue weighted by Crippen LogP contribution is 2.37. The second kappa shape index (κ2) is 10.9. The fraction of sp³-hybridized carbons (Fsp3) is 0.348. The Hall–Kier alpha value is -2.48. The molecular formula is C23H26Cl2FN3O3. The predicted octanol–water partition coefficient (Wildman–Crippen LogP) is 5.77. The second-order valence-electron chi connectivity index (χ2n) is 7.54. The fourth-order valence-corrected chi connectivity index (χ4v) is 3.94. The highest BCUT2D eigenvalue weighted by molar-refractivity contribution is 6.32. The van der Waals surface area contributed by atoms with E-state index in [0.717, 1.165) is 24.4 Å². The topological polar surface area (TPSA) is 66.8 Å². The number of nitrogens with one attached hydrogen (secondary N) is 1. The first-order chi connectivity index (χ1) is 15.0. The molecule has 0 unspecified atom stereocenters. The first kappa shape index (κ1) is 24.2. The lowest BCUT2D eigenvalue weighted by Crippen LogP contribution is -2.21. The van der Waals surface area contributed by atoms with Crippen LogP contribution < -0.4 is 14.8 Å². The molecule has 32 heavy (non-hydrogen) atoms. The highest BCUT2D eigenvalue weighted by atomic mass is 35.5. The molecule has 0 bridgehead atoms. The molecule has 2 heterocycles. The van der Waals surface area contributed by atoms with Gasteiger partial charge in [0.05, 0.1) is 29.9 Å². The zero-order chi connectivity index (χ0) is 21.8. The van der Waals surface area contributed by atoms with E-state index >= 15 is 0 Å². The van der Waals surface area contributed by atoms with E-state index in [0.29, 0.717) is 29.3 Å². The zero-order valence-electron chi connectivity index (χ0n) is 17.7. The molecule has 0 saturated carbocycles. The largest absolute Gasteiger partial charge is 0.506 e. The van der Waals surface area contributed by atoms with Crippen LogP contribution in [0.4, 0.5) is 15.8 Å². The van der Waals surface area contributed by atoms with Crippen LogP contribution in [0.15, 0.2) is 36.5 Å².